The van der Waals surface area contributed by atoms with Gasteiger partial charge in [0.2, 0.25) is 0 Å². The number of hydrogen-bond acceptors (Lipinski definition) is 5. The third-order valence-electron chi connectivity index (χ3n) is 4.13. The Labute approximate surface area is 143 Å². The number of aromatic nitrogens is 1. The van der Waals surface area contributed by atoms with E-state index in [2.05, 4.69) is 48.8 Å². The molecule has 0 bridgehead atoms. The number of benzene rings is 1. The number of ether oxygens (including phenoxy) is 1. The third-order valence-corrected chi connectivity index (χ3v) is 4.91. The Morgan fingerprint density at radius 2 is 2.04 bits per heavy atom. The maximum atomic E-state index is 5.48. The molecule has 0 amide bonds. The van der Waals surface area contributed by atoms with Crippen molar-refractivity contribution in [2.45, 2.75) is 51.1 Å². The van der Waals surface area contributed by atoms with Gasteiger partial charge in [-0.2, -0.15) is 0 Å². The van der Waals surface area contributed by atoms with Crippen LogP contribution in [0.25, 0.3) is 0 Å². The first kappa shape index (κ1) is 17.9. The van der Waals surface area contributed by atoms with Crippen molar-refractivity contribution in [1.82, 2.24) is 10.5 Å². The minimum atomic E-state index is 0.246. The molecule has 126 valence electrons. The van der Waals surface area contributed by atoms with E-state index in [1.807, 2.05) is 13.8 Å². The van der Waals surface area contributed by atoms with Crippen molar-refractivity contribution >= 4 is 11.8 Å². The topological polar surface area (TPSA) is 47.3 Å². The molecule has 5 heteroatoms. The number of methoxy groups -OCH3 is 1. The number of hydrogen-bond donors (Lipinski definition) is 1. The van der Waals surface area contributed by atoms with Crippen LogP contribution in [0, 0.1) is 13.8 Å². The zero-order valence-corrected chi connectivity index (χ0v) is 15.6. The fourth-order valence-electron chi connectivity index (χ4n) is 2.80. The molecular formula is C18H26N2O2S. The van der Waals surface area contributed by atoms with Crippen molar-refractivity contribution < 1.29 is 9.26 Å². The molecule has 4 nitrogen and oxygen atoms in total. The molecule has 0 radical (unpaired) electrons. The normalized spacial score (nSPS) is 13.8. The summed E-state index contributed by atoms with van der Waals surface area (Å²) in [5.74, 6) is 1.84. The first-order chi connectivity index (χ1) is 11.0. The van der Waals surface area contributed by atoms with Crippen molar-refractivity contribution in [2.24, 2.45) is 0 Å². The number of nitrogens with one attached hydrogen (secondary N) is 1. The SMILES string of the molecule is COc1cc([C@@H](C)N[C@H](C)Cc2c(C)noc2C)ccc1SC. The van der Waals surface area contributed by atoms with Crippen molar-refractivity contribution in [3.05, 3.63) is 40.8 Å². The van der Waals surface area contributed by atoms with Gasteiger partial charge >= 0.3 is 0 Å². The number of rotatable bonds is 7. The van der Waals surface area contributed by atoms with E-state index in [1.165, 1.54) is 11.1 Å². The second-order valence-electron chi connectivity index (χ2n) is 5.91. The zero-order chi connectivity index (χ0) is 17.0. The van der Waals surface area contributed by atoms with Gasteiger partial charge in [0.05, 0.1) is 12.8 Å². The van der Waals surface area contributed by atoms with E-state index in [4.69, 9.17) is 9.26 Å². The van der Waals surface area contributed by atoms with Crippen LogP contribution >= 0.6 is 11.8 Å². The largest absolute Gasteiger partial charge is 0.496 e. The first-order valence-electron chi connectivity index (χ1n) is 7.86. The summed E-state index contributed by atoms with van der Waals surface area (Å²) in [6, 6.07) is 6.97. The van der Waals surface area contributed by atoms with Crippen LogP contribution in [0.4, 0.5) is 0 Å². The predicted molar refractivity (Wildman–Crippen MR) is 95.5 cm³/mol. The third kappa shape index (κ3) is 4.30. The van der Waals surface area contributed by atoms with Crippen LogP contribution in [-0.4, -0.2) is 24.6 Å². The zero-order valence-electron chi connectivity index (χ0n) is 14.8. The van der Waals surface area contributed by atoms with Gasteiger partial charge in [-0.15, -0.1) is 11.8 Å². The summed E-state index contributed by atoms with van der Waals surface area (Å²) >= 11 is 1.70. The number of nitrogens with zero attached hydrogens (tertiary/aromatic N) is 1. The van der Waals surface area contributed by atoms with E-state index in [0.717, 1.165) is 28.5 Å². The second-order valence-corrected chi connectivity index (χ2v) is 6.76. The van der Waals surface area contributed by atoms with Gasteiger partial charge in [-0.1, -0.05) is 11.2 Å². The molecule has 0 unspecified atom stereocenters. The fourth-order valence-corrected chi connectivity index (χ4v) is 3.35. The molecule has 0 aliphatic heterocycles. The Morgan fingerprint density at radius 3 is 2.61 bits per heavy atom. The van der Waals surface area contributed by atoms with Crippen LogP contribution in [0.2, 0.25) is 0 Å². The molecular weight excluding hydrogens is 308 g/mol. The molecule has 2 rings (SSSR count). The molecule has 2 aromatic rings. The molecule has 1 aromatic heterocycles. The maximum Gasteiger partial charge on any atom is 0.137 e. The van der Waals surface area contributed by atoms with E-state index in [1.54, 1.807) is 18.9 Å². The Morgan fingerprint density at radius 1 is 1.30 bits per heavy atom. The summed E-state index contributed by atoms with van der Waals surface area (Å²) in [6.45, 7) is 8.33. The van der Waals surface area contributed by atoms with Crippen LogP contribution in [0.3, 0.4) is 0 Å². The fraction of sp³-hybridized carbons (Fsp3) is 0.500. The molecule has 23 heavy (non-hydrogen) atoms. The molecule has 0 fully saturated rings. The lowest BCUT2D eigenvalue weighted by atomic mass is 10.0. The van der Waals surface area contributed by atoms with Crippen LogP contribution in [0.1, 0.15) is 42.5 Å². The van der Waals surface area contributed by atoms with Crippen molar-refractivity contribution in [1.29, 1.82) is 0 Å². The lowest BCUT2D eigenvalue weighted by molar-refractivity contribution is 0.391. The first-order valence-corrected chi connectivity index (χ1v) is 9.08. The molecule has 0 saturated heterocycles. The predicted octanol–water partition coefficient (Wildman–Crippen LogP) is 4.30. The van der Waals surface area contributed by atoms with E-state index < -0.39 is 0 Å². The lowest BCUT2D eigenvalue weighted by Gasteiger charge is -2.21. The van der Waals surface area contributed by atoms with Crippen molar-refractivity contribution in [2.75, 3.05) is 13.4 Å². The summed E-state index contributed by atoms with van der Waals surface area (Å²) in [6.07, 6.45) is 2.97. The van der Waals surface area contributed by atoms with Crippen LogP contribution in [0.5, 0.6) is 5.75 Å². The Balaban J connectivity index is 2.05. The highest BCUT2D eigenvalue weighted by atomic mass is 32.2. The quantitative estimate of drug-likeness (QED) is 0.765. The minimum Gasteiger partial charge on any atom is -0.496 e. The van der Waals surface area contributed by atoms with Crippen LogP contribution < -0.4 is 10.1 Å². The Hall–Kier alpha value is -1.46. The van der Waals surface area contributed by atoms with E-state index in [9.17, 15) is 0 Å². The van der Waals surface area contributed by atoms with E-state index >= 15 is 0 Å². The molecule has 1 N–H and O–H groups in total. The van der Waals surface area contributed by atoms with Crippen LogP contribution in [-0.2, 0) is 6.42 Å². The van der Waals surface area contributed by atoms with Gasteiger partial charge in [-0.3, -0.25) is 0 Å². The summed E-state index contributed by atoms with van der Waals surface area (Å²) in [5.41, 5.74) is 3.41. The monoisotopic (exact) mass is 334 g/mol. The highest BCUT2D eigenvalue weighted by molar-refractivity contribution is 7.98. The van der Waals surface area contributed by atoms with Gasteiger partial charge in [-0.25, -0.2) is 0 Å². The van der Waals surface area contributed by atoms with Crippen molar-refractivity contribution in [3.63, 3.8) is 0 Å². The minimum absolute atomic E-state index is 0.246. The molecule has 0 aliphatic rings. The average molecular weight is 334 g/mol. The molecule has 0 aliphatic carbocycles. The van der Waals surface area contributed by atoms with Gasteiger partial charge in [0.1, 0.15) is 11.5 Å². The van der Waals surface area contributed by atoms with Gasteiger partial charge in [0, 0.05) is 22.5 Å². The summed E-state index contributed by atoms with van der Waals surface area (Å²) in [7, 11) is 1.72. The Bertz CT molecular complexity index is 635. The van der Waals surface area contributed by atoms with E-state index in [-0.39, 0.29) is 6.04 Å². The van der Waals surface area contributed by atoms with Gasteiger partial charge in [0.15, 0.2) is 0 Å². The van der Waals surface area contributed by atoms with Gasteiger partial charge < -0.3 is 14.6 Å². The smallest absolute Gasteiger partial charge is 0.137 e. The summed E-state index contributed by atoms with van der Waals surface area (Å²) in [5, 5.41) is 7.67. The molecule has 1 heterocycles. The van der Waals surface area contributed by atoms with E-state index in [0.29, 0.717) is 6.04 Å². The molecule has 1 aromatic carbocycles. The molecule has 2 atom stereocenters. The average Bonchev–Trinajstić information content (AvgIpc) is 2.85. The number of aryl methyl sites for hydroxylation is 2. The molecule has 0 saturated carbocycles. The standard InChI is InChI=1S/C18H26N2O2S/c1-11(9-16-13(3)20-22-14(16)4)19-12(2)15-7-8-18(23-6)17(10-15)21-5/h7-8,10-12,19H,9H2,1-6H3/t11-,12-/m1/s1. The summed E-state index contributed by atoms with van der Waals surface area (Å²) in [4.78, 5) is 1.16. The van der Waals surface area contributed by atoms with Crippen LogP contribution in [0.15, 0.2) is 27.6 Å². The molecule has 0 spiro atoms. The lowest BCUT2D eigenvalue weighted by Crippen LogP contribution is -2.31. The highest BCUT2D eigenvalue weighted by Gasteiger charge is 2.16. The number of thioether (sulfide) groups is 1. The Kier molecular flexibility index (Phi) is 6.13. The van der Waals surface area contributed by atoms with Crippen molar-refractivity contribution in [3.8, 4) is 5.75 Å². The van der Waals surface area contributed by atoms with Gasteiger partial charge in [0.25, 0.3) is 0 Å². The highest BCUT2D eigenvalue weighted by Crippen LogP contribution is 2.30. The van der Waals surface area contributed by atoms with Gasteiger partial charge in [-0.05, 0) is 58.1 Å². The summed E-state index contributed by atoms with van der Waals surface area (Å²) < 4.78 is 10.7. The second kappa shape index (κ2) is 7.88. The maximum absolute atomic E-state index is 5.48.